The van der Waals surface area contributed by atoms with Gasteiger partial charge in [0.1, 0.15) is 0 Å². The zero-order valence-electron chi connectivity index (χ0n) is 10.4. The van der Waals surface area contributed by atoms with Crippen molar-refractivity contribution in [3.63, 3.8) is 0 Å². The number of methoxy groups -OCH3 is 1. The summed E-state index contributed by atoms with van der Waals surface area (Å²) in [5, 5.41) is 2.99. The fraction of sp³-hybridized carbons (Fsp3) is 0.462. The molecule has 3 nitrogen and oxygen atoms in total. The fourth-order valence-electron chi connectivity index (χ4n) is 1.43. The molecule has 0 saturated heterocycles. The van der Waals surface area contributed by atoms with E-state index in [1.165, 1.54) is 0 Å². The van der Waals surface area contributed by atoms with Gasteiger partial charge in [0.05, 0.1) is 12.6 Å². The first-order valence-corrected chi connectivity index (χ1v) is 6.68. The number of nitrogens with one attached hydrogen (secondary N) is 1. The third-order valence-electron chi connectivity index (χ3n) is 2.57. The van der Waals surface area contributed by atoms with Crippen LogP contribution in [0, 0.1) is 9.49 Å². The Labute approximate surface area is 116 Å². The number of hydrogen-bond donors (Lipinski definition) is 1. The average Bonchev–Trinajstić information content (AvgIpc) is 2.29. The summed E-state index contributed by atoms with van der Waals surface area (Å²) in [4.78, 5) is 12.0. The molecular weight excluding hydrogens is 329 g/mol. The van der Waals surface area contributed by atoms with Crippen LogP contribution in [0.1, 0.15) is 24.2 Å². The Morgan fingerprint density at radius 2 is 1.94 bits per heavy atom. The van der Waals surface area contributed by atoms with Gasteiger partial charge in [0, 0.05) is 16.2 Å². The zero-order chi connectivity index (χ0) is 12.8. The number of rotatable bonds is 5. The standard InChI is InChI=1S/C13H18INO2/c1-9(2)12(8-17-3)15-13(16)10-4-6-11(14)7-5-10/h4-7,9,12H,8H2,1-3H3,(H,15,16). The highest BCUT2D eigenvalue weighted by Gasteiger charge is 2.16. The summed E-state index contributed by atoms with van der Waals surface area (Å²) in [6.45, 7) is 4.67. The van der Waals surface area contributed by atoms with Crippen molar-refractivity contribution in [3.05, 3.63) is 33.4 Å². The SMILES string of the molecule is COCC(NC(=O)c1ccc(I)cc1)C(C)C. The highest BCUT2D eigenvalue weighted by molar-refractivity contribution is 14.1. The molecule has 4 heteroatoms. The van der Waals surface area contributed by atoms with Crippen molar-refractivity contribution in [1.82, 2.24) is 5.32 Å². The Morgan fingerprint density at radius 3 is 2.41 bits per heavy atom. The second-order valence-corrected chi connectivity index (χ2v) is 5.53. The van der Waals surface area contributed by atoms with Crippen LogP contribution in [0.2, 0.25) is 0 Å². The molecule has 1 rings (SSSR count). The number of amides is 1. The van der Waals surface area contributed by atoms with Crippen LogP contribution in [0.25, 0.3) is 0 Å². The minimum absolute atomic E-state index is 0.0443. The highest BCUT2D eigenvalue weighted by atomic mass is 127. The van der Waals surface area contributed by atoms with E-state index in [0.29, 0.717) is 18.1 Å². The summed E-state index contributed by atoms with van der Waals surface area (Å²) in [5.41, 5.74) is 0.687. The van der Waals surface area contributed by atoms with Crippen LogP contribution in [0.4, 0.5) is 0 Å². The lowest BCUT2D eigenvalue weighted by Gasteiger charge is -2.21. The molecular formula is C13H18INO2. The van der Waals surface area contributed by atoms with Gasteiger partial charge in [0.25, 0.3) is 5.91 Å². The number of carbonyl (C=O) groups excluding carboxylic acids is 1. The maximum absolute atomic E-state index is 12.0. The zero-order valence-corrected chi connectivity index (χ0v) is 12.5. The molecule has 17 heavy (non-hydrogen) atoms. The maximum atomic E-state index is 12.0. The molecule has 0 heterocycles. The van der Waals surface area contributed by atoms with Gasteiger partial charge in [-0.05, 0) is 52.8 Å². The maximum Gasteiger partial charge on any atom is 0.251 e. The summed E-state index contributed by atoms with van der Waals surface area (Å²) in [6.07, 6.45) is 0. The van der Waals surface area contributed by atoms with Gasteiger partial charge in [-0.15, -0.1) is 0 Å². The lowest BCUT2D eigenvalue weighted by molar-refractivity contribution is 0.0866. The van der Waals surface area contributed by atoms with E-state index in [1.54, 1.807) is 7.11 Å². The summed E-state index contributed by atoms with van der Waals surface area (Å²) in [6, 6.07) is 7.57. The second kappa shape index (κ2) is 6.96. The Balaban J connectivity index is 2.66. The average molecular weight is 347 g/mol. The Kier molecular flexibility index (Phi) is 5.91. The van der Waals surface area contributed by atoms with Crippen LogP contribution in [0.5, 0.6) is 0 Å². The van der Waals surface area contributed by atoms with Crippen LogP contribution in [0.15, 0.2) is 24.3 Å². The van der Waals surface area contributed by atoms with Crippen molar-refractivity contribution in [2.45, 2.75) is 19.9 Å². The molecule has 0 spiro atoms. The molecule has 1 aromatic carbocycles. The monoisotopic (exact) mass is 347 g/mol. The predicted molar refractivity (Wildman–Crippen MR) is 77.1 cm³/mol. The Hall–Kier alpha value is -0.620. The number of benzene rings is 1. The molecule has 0 fully saturated rings. The molecule has 0 radical (unpaired) electrons. The highest BCUT2D eigenvalue weighted by Crippen LogP contribution is 2.08. The molecule has 0 aromatic heterocycles. The van der Waals surface area contributed by atoms with Crippen LogP contribution >= 0.6 is 22.6 Å². The van der Waals surface area contributed by atoms with Gasteiger partial charge in [0.15, 0.2) is 0 Å². The number of ether oxygens (including phenoxy) is 1. The van der Waals surface area contributed by atoms with E-state index in [-0.39, 0.29) is 11.9 Å². The summed E-state index contributed by atoms with van der Waals surface area (Å²) in [5.74, 6) is 0.305. The smallest absolute Gasteiger partial charge is 0.251 e. The second-order valence-electron chi connectivity index (χ2n) is 4.29. The van der Waals surface area contributed by atoms with Crippen LogP contribution in [0.3, 0.4) is 0 Å². The first kappa shape index (κ1) is 14.4. The van der Waals surface area contributed by atoms with Gasteiger partial charge in [-0.3, -0.25) is 4.79 Å². The Morgan fingerprint density at radius 1 is 1.35 bits per heavy atom. The molecule has 0 bridgehead atoms. The molecule has 1 N–H and O–H groups in total. The predicted octanol–water partition coefficient (Wildman–Crippen LogP) is 2.69. The summed E-state index contributed by atoms with van der Waals surface area (Å²) >= 11 is 2.22. The van der Waals surface area contributed by atoms with Gasteiger partial charge in [-0.1, -0.05) is 13.8 Å². The third-order valence-corrected chi connectivity index (χ3v) is 3.29. The molecule has 0 aliphatic rings. The topological polar surface area (TPSA) is 38.3 Å². The van der Waals surface area contributed by atoms with Crippen molar-refractivity contribution in [3.8, 4) is 0 Å². The molecule has 1 amide bonds. The Bertz CT molecular complexity index is 362. The van der Waals surface area contributed by atoms with E-state index in [2.05, 4.69) is 41.8 Å². The van der Waals surface area contributed by atoms with Crippen LogP contribution < -0.4 is 5.32 Å². The van der Waals surface area contributed by atoms with Gasteiger partial charge < -0.3 is 10.1 Å². The number of halogens is 1. The van der Waals surface area contributed by atoms with E-state index < -0.39 is 0 Å². The number of carbonyl (C=O) groups is 1. The van der Waals surface area contributed by atoms with E-state index >= 15 is 0 Å². The third kappa shape index (κ3) is 4.63. The molecule has 0 aliphatic carbocycles. The molecule has 1 unspecified atom stereocenters. The van der Waals surface area contributed by atoms with Crippen molar-refractivity contribution in [1.29, 1.82) is 0 Å². The van der Waals surface area contributed by atoms with E-state index in [1.807, 2.05) is 24.3 Å². The van der Waals surface area contributed by atoms with Crippen molar-refractivity contribution in [2.75, 3.05) is 13.7 Å². The van der Waals surface area contributed by atoms with Crippen LogP contribution in [-0.4, -0.2) is 25.7 Å². The van der Waals surface area contributed by atoms with E-state index in [9.17, 15) is 4.79 Å². The number of hydrogen-bond acceptors (Lipinski definition) is 2. The van der Waals surface area contributed by atoms with Gasteiger partial charge in [0.2, 0.25) is 0 Å². The lowest BCUT2D eigenvalue weighted by Crippen LogP contribution is -2.41. The normalized spacial score (nSPS) is 12.5. The van der Waals surface area contributed by atoms with E-state index in [0.717, 1.165) is 3.57 Å². The van der Waals surface area contributed by atoms with Gasteiger partial charge >= 0.3 is 0 Å². The minimum Gasteiger partial charge on any atom is -0.383 e. The first-order valence-electron chi connectivity index (χ1n) is 5.60. The quantitative estimate of drug-likeness (QED) is 0.832. The molecule has 0 aliphatic heterocycles. The summed E-state index contributed by atoms with van der Waals surface area (Å²) in [7, 11) is 1.65. The molecule has 94 valence electrons. The van der Waals surface area contributed by atoms with Crippen molar-refractivity contribution < 1.29 is 9.53 Å². The molecule has 1 atom stereocenters. The van der Waals surface area contributed by atoms with E-state index in [4.69, 9.17) is 4.74 Å². The van der Waals surface area contributed by atoms with Crippen molar-refractivity contribution in [2.24, 2.45) is 5.92 Å². The molecule has 1 aromatic rings. The van der Waals surface area contributed by atoms with Crippen LogP contribution in [-0.2, 0) is 4.74 Å². The van der Waals surface area contributed by atoms with Crippen molar-refractivity contribution >= 4 is 28.5 Å². The fourth-order valence-corrected chi connectivity index (χ4v) is 1.79. The van der Waals surface area contributed by atoms with Gasteiger partial charge in [-0.25, -0.2) is 0 Å². The minimum atomic E-state index is -0.0443. The lowest BCUT2D eigenvalue weighted by atomic mass is 10.0. The first-order chi connectivity index (χ1) is 8.04. The van der Waals surface area contributed by atoms with Gasteiger partial charge in [-0.2, -0.15) is 0 Å². The molecule has 0 saturated carbocycles. The summed E-state index contributed by atoms with van der Waals surface area (Å²) < 4.78 is 6.23. The largest absolute Gasteiger partial charge is 0.383 e.